The van der Waals surface area contributed by atoms with Gasteiger partial charge in [0.2, 0.25) is 0 Å². The van der Waals surface area contributed by atoms with E-state index in [1.807, 2.05) is 50.2 Å². The van der Waals surface area contributed by atoms with Crippen molar-refractivity contribution in [1.29, 1.82) is 0 Å². The second kappa shape index (κ2) is 9.55. The van der Waals surface area contributed by atoms with Gasteiger partial charge in [-0.1, -0.05) is 57.7 Å². The predicted molar refractivity (Wildman–Crippen MR) is 107 cm³/mol. The van der Waals surface area contributed by atoms with Crippen LogP contribution < -0.4 is 0 Å². The molecule has 2 rings (SSSR count). The second-order valence-electron chi connectivity index (χ2n) is 6.73. The Labute approximate surface area is 164 Å². The number of carbonyl (C=O) groups excluding carboxylic acids is 1. The molecule has 1 unspecified atom stereocenters. The van der Waals surface area contributed by atoms with Gasteiger partial charge in [0.1, 0.15) is 0 Å². The van der Waals surface area contributed by atoms with Gasteiger partial charge in [0.15, 0.2) is 0 Å². The lowest BCUT2D eigenvalue weighted by atomic mass is 9.97. The molecule has 0 bridgehead atoms. The minimum Gasteiger partial charge on any atom is -0.465 e. The molecule has 0 aliphatic rings. The molecule has 0 saturated heterocycles. The lowest BCUT2D eigenvalue weighted by molar-refractivity contribution is -0.385. The molecular weight excluding hydrogens is 362 g/mol. The van der Waals surface area contributed by atoms with Gasteiger partial charge in [-0.05, 0) is 30.2 Å². The third kappa shape index (κ3) is 5.57. The fourth-order valence-electron chi connectivity index (χ4n) is 2.63. The maximum absolute atomic E-state index is 11.7. The van der Waals surface area contributed by atoms with E-state index in [2.05, 4.69) is 0 Å². The first-order chi connectivity index (χ1) is 12.8. The standard InChI is InChI=1S/C21H25NO4S/c1-5-16-11-19(22(24)25)18(15(4)13-26-21(23)14(2)3)12-20(16)27-17-9-7-6-8-10-17/h6-12,14-15H,5,13H2,1-4H3. The Hall–Kier alpha value is -2.34. The first kappa shape index (κ1) is 21.0. The zero-order chi connectivity index (χ0) is 20.0. The number of hydrogen-bond acceptors (Lipinski definition) is 5. The molecule has 1 atom stereocenters. The largest absolute Gasteiger partial charge is 0.465 e. The van der Waals surface area contributed by atoms with E-state index in [4.69, 9.17) is 4.74 Å². The molecule has 2 aromatic rings. The Morgan fingerprint density at radius 2 is 1.85 bits per heavy atom. The number of benzene rings is 2. The summed E-state index contributed by atoms with van der Waals surface area (Å²) < 4.78 is 5.30. The summed E-state index contributed by atoms with van der Waals surface area (Å²) in [5, 5.41) is 11.6. The van der Waals surface area contributed by atoms with Crippen LogP contribution in [0, 0.1) is 16.0 Å². The van der Waals surface area contributed by atoms with E-state index in [-0.39, 0.29) is 35.0 Å². The van der Waals surface area contributed by atoms with Crippen LogP contribution in [-0.4, -0.2) is 17.5 Å². The van der Waals surface area contributed by atoms with Crippen LogP contribution in [-0.2, 0) is 16.0 Å². The summed E-state index contributed by atoms with van der Waals surface area (Å²) >= 11 is 1.59. The van der Waals surface area contributed by atoms with E-state index < -0.39 is 0 Å². The quantitative estimate of drug-likeness (QED) is 0.334. The highest BCUT2D eigenvalue weighted by molar-refractivity contribution is 7.99. The minimum absolute atomic E-state index is 0.0809. The first-order valence-electron chi connectivity index (χ1n) is 9.04. The fourth-order valence-corrected chi connectivity index (χ4v) is 3.70. The van der Waals surface area contributed by atoms with E-state index in [9.17, 15) is 14.9 Å². The lowest BCUT2D eigenvalue weighted by Crippen LogP contribution is -2.16. The normalized spacial score (nSPS) is 12.0. The highest BCUT2D eigenvalue weighted by atomic mass is 32.2. The number of nitro groups is 1. The summed E-state index contributed by atoms with van der Waals surface area (Å²) in [6.07, 6.45) is 0.701. The molecular formula is C21H25NO4S. The summed E-state index contributed by atoms with van der Waals surface area (Å²) in [5.74, 6) is -0.790. The molecule has 0 N–H and O–H groups in total. The van der Waals surface area contributed by atoms with Crippen LogP contribution in [0.15, 0.2) is 52.3 Å². The van der Waals surface area contributed by atoms with Crippen LogP contribution in [0.3, 0.4) is 0 Å². The molecule has 2 aromatic carbocycles. The molecule has 0 aliphatic heterocycles. The first-order valence-corrected chi connectivity index (χ1v) is 9.85. The van der Waals surface area contributed by atoms with Crippen molar-refractivity contribution < 1.29 is 14.5 Å². The zero-order valence-corrected chi connectivity index (χ0v) is 16.9. The maximum atomic E-state index is 11.7. The number of rotatable bonds is 8. The maximum Gasteiger partial charge on any atom is 0.308 e. The summed E-state index contributed by atoms with van der Waals surface area (Å²) in [6, 6.07) is 13.4. The van der Waals surface area contributed by atoms with E-state index in [0.717, 1.165) is 15.4 Å². The number of ether oxygens (including phenoxy) is 1. The molecule has 0 saturated carbocycles. The van der Waals surface area contributed by atoms with Crippen molar-refractivity contribution in [1.82, 2.24) is 0 Å². The van der Waals surface area contributed by atoms with Crippen LogP contribution in [0.5, 0.6) is 0 Å². The van der Waals surface area contributed by atoms with E-state index in [1.165, 1.54) is 0 Å². The van der Waals surface area contributed by atoms with Crippen molar-refractivity contribution in [2.45, 2.75) is 49.8 Å². The number of esters is 1. The molecule has 0 aromatic heterocycles. The molecule has 0 radical (unpaired) electrons. The minimum atomic E-state index is -0.355. The van der Waals surface area contributed by atoms with Crippen LogP contribution in [0.4, 0.5) is 5.69 Å². The van der Waals surface area contributed by atoms with E-state index in [0.29, 0.717) is 12.0 Å². The topological polar surface area (TPSA) is 69.4 Å². The lowest BCUT2D eigenvalue weighted by Gasteiger charge is -2.17. The van der Waals surface area contributed by atoms with Gasteiger partial charge in [0, 0.05) is 27.3 Å². The van der Waals surface area contributed by atoms with Gasteiger partial charge in [0.25, 0.3) is 5.69 Å². The van der Waals surface area contributed by atoms with Crippen molar-refractivity contribution in [3.05, 3.63) is 63.7 Å². The molecule has 27 heavy (non-hydrogen) atoms. The Morgan fingerprint density at radius 1 is 1.19 bits per heavy atom. The SMILES string of the molecule is CCc1cc([N+](=O)[O-])c(C(C)COC(=O)C(C)C)cc1Sc1ccccc1. The average Bonchev–Trinajstić information content (AvgIpc) is 2.65. The monoisotopic (exact) mass is 387 g/mol. The summed E-state index contributed by atoms with van der Waals surface area (Å²) in [7, 11) is 0. The smallest absolute Gasteiger partial charge is 0.308 e. The fraction of sp³-hybridized carbons (Fsp3) is 0.381. The summed E-state index contributed by atoms with van der Waals surface area (Å²) in [4.78, 5) is 25.1. The third-order valence-corrected chi connectivity index (χ3v) is 5.34. The Bertz CT molecular complexity index is 805. The Morgan fingerprint density at radius 3 is 2.41 bits per heavy atom. The zero-order valence-electron chi connectivity index (χ0n) is 16.1. The molecule has 0 heterocycles. The van der Waals surface area contributed by atoms with Crippen LogP contribution in [0.25, 0.3) is 0 Å². The molecule has 144 valence electrons. The van der Waals surface area contributed by atoms with Gasteiger partial charge < -0.3 is 4.74 Å². The number of aryl methyl sites for hydroxylation is 1. The highest BCUT2D eigenvalue weighted by Crippen LogP contribution is 2.37. The van der Waals surface area contributed by atoms with E-state index in [1.54, 1.807) is 31.7 Å². The van der Waals surface area contributed by atoms with Crippen molar-refractivity contribution in [3.63, 3.8) is 0 Å². The molecule has 0 spiro atoms. The van der Waals surface area contributed by atoms with Crippen molar-refractivity contribution >= 4 is 23.4 Å². The molecule has 0 fully saturated rings. The predicted octanol–water partition coefficient (Wildman–Crippen LogP) is 5.61. The summed E-state index contributed by atoms with van der Waals surface area (Å²) in [5.41, 5.74) is 1.61. The second-order valence-corrected chi connectivity index (χ2v) is 7.85. The van der Waals surface area contributed by atoms with Crippen molar-refractivity contribution in [2.24, 2.45) is 5.92 Å². The van der Waals surface area contributed by atoms with Gasteiger partial charge in [-0.25, -0.2) is 0 Å². The van der Waals surface area contributed by atoms with Crippen LogP contribution in [0.1, 0.15) is 44.7 Å². The average molecular weight is 388 g/mol. The van der Waals surface area contributed by atoms with Gasteiger partial charge in [0.05, 0.1) is 17.4 Å². The van der Waals surface area contributed by atoms with Gasteiger partial charge in [-0.15, -0.1) is 0 Å². The molecule has 0 amide bonds. The number of nitro benzene ring substituents is 1. The molecule has 6 heteroatoms. The number of hydrogen-bond donors (Lipinski definition) is 0. The molecule has 0 aliphatic carbocycles. The Balaban J connectivity index is 2.37. The summed E-state index contributed by atoms with van der Waals surface area (Å²) in [6.45, 7) is 7.49. The van der Waals surface area contributed by atoms with Crippen LogP contribution in [0.2, 0.25) is 0 Å². The van der Waals surface area contributed by atoms with Crippen molar-refractivity contribution in [3.8, 4) is 0 Å². The number of nitrogens with zero attached hydrogens (tertiary/aromatic N) is 1. The number of carbonyl (C=O) groups is 1. The van der Waals surface area contributed by atoms with Crippen molar-refractivity contribution in [2.75, 3.05) is 6.61 Å². The van der Waals surface area contributed by atoms with Crippen LogP contribution >= 0.6 is 11.8 Å². The van der Waals surface area contributed by atoms with E-state index >= 15 is 0 Å². The highest BCUT2D eigenvalue weighted by Gasteiger charge is 2.23. The van der Waals surface area contributed by atoms with Gasteiger partial charge in [-0.2, -0.15) is 0 Å². The molecule has 5 nitrogen and oxygen atoms in total. The van der Waals surface area contributed by atoms with Gasteiger partial charge >= 0.3 is 5.97 Å². The third-order valence-electron chi connectivity index (χ3n) is 4.24. The Kier molecular flexibility index (Phi) is 7.42. The van der Waals surface area contributed by atoms with Gasteiger partial charge in [-0.3, -0.25) is 14.9 Å².